The minimum atomic E-state index is 0.458. The normalized spacial score (nSPS) is 10.4. The van der Waals surface area contributed by atoms with Crippen LogP contribution in [0.1, 0.15) is 12.5 Å². The van der Waals surface area contributed by atoms with Crippen molar-refractivity contribution in [2.24, 2.45) is 0 Å². The van der Waals surface area contributed by atoms with E-state index >= 15 is 0 Å². The molecular weight excluding hydrogens is 270 g/mol. The highest BCUT2D eigenvalue weighted by Gasteiger charge is 2.08. The molecule has 0 atom stereocenters. The van der Waals surface area contributed by atoms with E-state index in [0.717, 1.165) is 29.0 Å². The molecule has 20 heavy (non-hydrogen) atoms. The Bertz CT molecular complexity index is 619. The van der Waals surface area contributed by atoms with Crippen molar-refractivity contribution in [3.8, 4) is 16.9 Å². The molecule has 5 heteroatoms. The Hall–Kier alpha value is -1.88. The third-order valence-electron chi connectivity index (χ3n) is 3.03. The Morgan fingerprint density at radius 2 is 2.10 bits per heavy atom. The van der Waals surface area contributed by atoms with Crippen LogP contribution in [-0.4, -0.2) is 34.0 Å². The van der Waals surface area contributed by atoms with Crippen LogP contribution in [0.25, 0.3) is 11.1 Å². The highest BCUT2D eigenvalue weighted by atomic mass is 32.1. The zero-order valence-electron chi connectivity index (χ0n) is 12.3. The number of rotatable bonds is 3. The molecule has 1 aromatic carbocycles. The smallest absolute Gasteiger partial charge is 0.264 e. The van der Waals surface area contributed by atoms with Gasteiger partial charge in [0.05, 0.1) is 6.20 Å². The molecule has 0 unspecified atom stereocenters. The van der Waals surface area contributed by atoms with Crippen molar-refractivity contribution in [3.05, 3.63) is 36.2 Å². The van der Waals surface area contributed by atoms with Crippen LogP contribution in [0.5, 0.6) is 5.75 Å². The van der Waals surface area contributed by atoms with Gasteiger partial charge in [-0.2, -0.15) is 5.10 Å². The summed E-state index contributed by atoms with van der Waals surface area (Å²) in [6.45, 7) is 4.96. The maximum absolute atomic E-state index is 5.66. The van der Waals surface area contributed by atoms with Crippen LogP contribution in [0.2, 0.25) is 0 Å². The Morgan fingerprint density at radius 1 is 1.35 bits per heavy atom. The maximum atomic E-state index is 5.66. The first kappa shape index (κ1) is 14.5. The van der Waals surface area contributed by atoms with Gasteiger partial charge in [0.15, 0.2) is 0 Å². The van der Waals surface area contributed by atoms with E-state index in [1.54, 1.807) is 4.90 Å². The van der Waals surface area contributed by atoms with Crippen LogP contribution >= 0.6 is 12.2 Å². The van der Waals surface area contributed by atoms with Crippen LogP contribution in [-0.2, 0) is 6.54 Å². The lowest BCUT2D eigenvalue weighted by atomic mass is 10.1. The molecule has 2 rings (SSSR count). The molecule has 1 aromatic heterocycles. The topological polar surface area (TPSA) is 30.3 Å². The molecule has 0 aliphatic heterocycles. The van der Waals surface area contributed by atoms with Crippen molar-refractivity contribution in [2.45, 2.75) is 20.4 Å². The Kier molecular flexibility index (Phi) is 4.39. The highest BCUT2D eigenvalue weighted by Crippen LogP contribution is 2.26. The number of aromatic nitrogens is 2. The van der Waals surface area contributed by atoms with Gasteiger partial charge in [-0.3, -0.25) is 4.68 Å². The molecule has 0 bridgehead atoms. The van der Waals surface area contributed by atoms with Crippen LogP contribution in [0.15, 0.2) is 30.6 Å². The molecule has 0 aliphatic carbocycles. The molecule has 0 amide bonds. The molecule has 4 nitrogen and oxygen atoms in total. The summed E-state index contributed by atoms with van der Waals surface area (Å²) in [5, 5.41) is 4.75. The number of ether oxygens (including phenoxy) is 1. The number of hydrogen-bond donors (Lipinski definition) is 0. The Balaban J connectivity index is 2.23. The maximum Gasteiger partial charge on any atom is 0.264 e. The average molecular weight is 289 g/mol. The third kappa shape index (κ3) is 3.17. The van der Waals surface area contributed by atoms with E-state index in [-0.39, 0.29) is 0 Å². The second kappa shape index (κ2) is 6.05. The van der Waals surface area contributed by atoms with Crippen molar-refractivity contribution < 1.29 is 4.74 Å². The number of benzene rings is 1. The number of nitrogens with zero attached hydrogens (tertiary/aromatic N) is 3. The Morgan fingerprint density at radius 3 is 2.65 bits per heavy atom. The SMILES string of the molecule is CCn1cc(-c2ccc(OC(=S)N(C)C)c(C)c2)cn1. The molecule has 0 saturated carbocycles. The fourth-order valence-corrected chi connectivity index (χ4v) is 1.90. The summed E-state index contributed by atoms with van der Waals surface area (Å²) in [5.74, 6) is 0.787. The first-order chi connectivity index (χ1) is 9.51. The summed E-state index contributed by atoms with van der Waals surface area (Å²) < 4.78 is 7.57. The van der Waals surface area contributed by atoms with Gasteiger partial charge in [-0.15, -0.1) is 0 Å². The standard InChI is InChI=1S/C15H19N3OS/c1-5-18-10-13(9-16-18)12-6-7-14(11(2)8-12)19-15(20)17(3)4/h6-10H,5H2,1-4H3. The first-order valence-corrected chi connectivity index (χ1v) is 6.94. The minimum Gasteiger partial charge on any atom is -0.432 e. The van der Waals surface area contributed by atoms with Gasteiger partial charge >= 0.3 is 0 Å². The van der Waals surface area contributed by atoms with Crippen LogP contribution in [0, 0.1) is 6.92 Å². The predicted molar refractivity (Wildman–Crippen MR) is 85.0 cm³/mol. The van der Waals surface area contributed by atoms with Gasteiger partial charge < -0.3 is 9.64 Å². The molecule has 0 spiro atoms. The lowest BCUT2D eigenvalue weighted by Gasteiger charge is -2.15. The van der Waals surface area contributed by atoms with E-state index in [1.807, 2.05) is 50.2 Å². The fourth-order valence-electron chi connectivity index (χ4n) is 1.81. The van der Waals surface area contributed by atoms with Gasteiger partial charge in [-0.1, -0.05) is 6.07 Å². The molecule has 2 aromatic rings. The van der Waals surface area contributed by atoms with E-state index < -0.39 is 0 Å². The summed E-state index contributed by atoms with van der Waals surface area (Å²) in [6.07, 6.45) is 3.92. The Labute approximate surface area is 125 Å². The van der Waals surface area contributed by atoms with Gasteiger partial charge in [-0.05, 0) is 49.3 Å². The van der Waals surface area contributed by atoms with Crippen molar-refractivity contribution in [2.75, 3.05) is 14.1 Å². The predicted octanol–water partition coefficient (Wildman–Crippen LogP) is 3.10. The van der Waals surface area contributed by atoms with Crippen LogP contribution in [0.4, 0.5) is 0 Å². The molecule has 1 heterocycles. The number of thiocarbonyl (C=S) groups is 1. The quantitative estimate of drug-likeness (QED) is 0.812. The molecular formula is C15H19N3OS. The molecule has 0 saturated heterocycles. The zero-order chi connectivity index (χ0) is 14.7. The zero-order valence-corrected chi connectivity index (χ0v) is 13.1. The third-order valence-corrected chi connectivity index (χ3v) is 3.48. The van der Waals surface area contributed by atoms with E-state index in [2.05, 4.69) is 18.1 Å². The van der Waals surface area contributed by atoms with E-state index in [9.17, 15) is 0 Å². The molecule has 0 fully saturated rings. The molecule has 0 aliphatic rings. The summed E-state index contributed by atoms with van der Waals surface area (Å²) in [4.78, 5) is 1.77. The van der Waals surface area contributed by atoms with Crippen molar-refractivity contribution >= 4 is 17.4 Å². The van der Waals surface area contributed by atoms with E-state index in [1.165, 1.54) is 0 Å². The van der Waals surface area contributed by atoms with Gasteiger partial charge in [-0.25, -0.2) is 0 Å². The van der Waals surface area contributed by atoms with Crippen LogP contribution < -0.4 is 4.74 Å². The molecule has 0 N–H and O–H groups in total. The van der Waals surface area contributed by atoms with Gasteiger partial charge in [0, 0.05) is 32.4 Å². The number of aryl methyl sites for hydroxylation is 2. The first-order valence-electron chi connectivity index (χ1n) is 6.54. The second-order valence-electron chi connectivity index (χ2n) is 4.83. The summed E-state index contributed by atoms with van der Waals surface area (Å²) in [6, 6.07) is 6.06. The molecule has 106 valence electrons. The largest absolute Gasteiger partial charge is 0.432 e. The summed E-state index contributed by atoms with van der Waals surface area (Å²) in [7, 11) is 3.73. The minimum absolute atomic E-state index is 0.458. The summed E-state index contributed by atoms with van der Waals surface area (Å²) >= 11 is 5.16. The van der Waals surface area contributed by atoms with E-state index in [4.69, 9.17) is 17.0 Å². The van der Waals surface area contributed by atoms with Crippen LogP contribution in [0.3, 0.4) is 0 Å². The number of hydrogen-bond acceptors (Lipinski definition) is 3. The van der Waals surface area contributed by atoms with Crippen molar-refractivity contribution in [3.63, 3.8) is 0 Å². The summed E-state index contributed by atoms with van der Waals surface area (Å²) in [5.41, 5.74) is 3.29. The molecule has 0 radical (unpaired) electrons. The van der Waals surface area contributed by atoms with Gasteiger partial charge in [0.25, 0.3) is 5.17 Å². The average Bonchev–Trinajstić information content (AvgIpc) is 2.89. The second-order valence-corrected chi connectivity index (χ2v) is 5.18. The lowest BCUT2D eigenvalue weighted by molar-refractivity contribution is 0.447. The highest BCUT2D eigenvalue weighted by molar-refractivity contribution is 7.80. The van der Waals surface area contributed by atoms with Gasteiger partial charge in [0.1, 0.15) is 5.75 Å². The van der Waals surface area contributed by atoms with Crippen molar-refractivity contribution in [1.82, 2.24) is 14.7 Å². The monoisotopic (exact) mass is 289 g/mol. The van der Waals surface area contributed by atoms with E-state index in [0.29, 0.717) is 5.17 Å². The van der Waals surface area contributed by atoms with Crippen molar-refractivity contribution in [1.29, 1.82) is 0 Å². The van der Waals surface area contributed by atoms with Gasteiger partial charge in [0.2, 0.25) is 0 Å². The fraction of sp³-hybridized carbons (Fsp3) is 0.333. The lowest BCUT2D eigenvalue weighted by Crippen LogP contribution is -2.25.